The van der Waals surface area contributed by atoms with Crippen LogP contribution in [-0.2, 0) is 4.79 Å². The molecule has 0 atom stereocenters. The lowest BCUT2D eigenvalue weighted by Crippen LogP contribution is -2.53. The lowest BCUT2D eigenvalue weighted by molar-refractivity contribution is -0.132. The molecule has 1 aromatic carbocycles. The molecule has 0 fully saturated rings. The van der Waals surface area contributed by atoms with Crippen LogP contribution in [0.4, 0.5) is 11.4 Å². The van der Waals surface area contributed by atoms with Gasteiger partial charge in [0.15, 0.2) is 5.60 Å². The quantitative estimate of drug-likeness (QED) is 0.818. The topological polar surface area (TPSA) is 55.6 Å². The van der Waals surface area contributed by atoms with E-state index in [9.17, 15) is 4.79 Å². The molecule has 98 valence electrons. The molecule has 4 heteroatoms. The minimum absolute atomic E-state index is 0.0192. The van der Waals surface area contributed by atoms with Crippen LogP contribution in [-0.4, -0.2) is 18.1 Å². The zero-order chi connectivity index (χ0) is 13.5. The third kappa shape index (κ3) is 2.15. The summed E-state index contributed by atoms with van der Waals surface area (Å²) in [6.07, 6.45) is 0. The van der Waals surface area contributed by atoms with E-state index in [1.54, 1.807) is 30.9 Å². The zero-order valence-corrected chi connectivity index (χ0v) is 11.4. The summed E-state index contributed by atoms with van der Waals surface area (Å²) < 4.78 is 5.75. The Morgan fingerprint density at radius 2 is 2.06 bits per heavy atom. The number of nitrogen functional groups attached to an aromatic ring is 1. The summed E-state index contributed by atoms with van der Waals surface area (Å²) in [6.45, 7) is 8.43. The number of nitrogens with two attached hydrogens (primary N) is 1. The lowest BCUT2D eigenvalue weighted by atomic mass is 10.0. The third-order valence-electron chi connectivity index (χ3n) is 2.95. The number of rotatable bonds is 2. The maximum atomic E-state index is 12.4. The van der Waals surface area contributed by atoms with Crippen molar-refractivity contribution in [3.8, 4) is 5.75 Å². The second kappa shape index (κ2) is 4.19. The molecule has 0 radical (unpaired) electrons. The molecule has 1 aliphatic heterocycles. The van der Waals surface area contributed by atoms with Gasteiger partial charge in [-0.3, -0.25) is 4.79 Å². The van der Waals surface area contributed by atoms with Gasteiger partial charge in [0.2, 0.25) is 0 Å². The van der Waals surface area contributed by atoms with Crippen molar-refractivity contribution in [1.82, 2.24) is 0 Å². The number of nitrogens with zero attached hydrogens (tertiary/aromatic N) is 1. The Morgan fingerprint density at radius 1 is 1.39 bits per heavy atom. The molecular weight excluding hydrogens is 228 g/mol. The van der Waals surface area contributed by atoms with E-state index in [1.165, 1.54) is 0 Å². The number of anilines is 2. The molecule has 4 nitrogen and oxygen atoms in total. The van der Waals surface area contributed by atoms with E-state index in [-0.39, 0.29) is 5.91 Å². The van der Waals surface area contributed by atoms with Gasteiger partial charge < -0.3 is 15.4 Å². The van der Waals surface area contributed by atoms with Gasteiger partial charge in [-0.25, -0.2) is 0 Å². The van der Waals surface area contributed by atoms with Crippen LogP contribution in [0.3, 0.4) is 0 Å². The lowest BCUT2D eigenvalue weighted by Gasteiger charge is -2.39. The Bertz CT molecular complexity index is 481. The molecular formula is C14H20N2O2. The second-order valence-corrected chi connectivity index (χ2v) is 5.65. The molecule has 0 aromatic heterocycles. The smallest absolute Gasteiger partial charge is 0.270 e. The van der Waals surface area contributed by atoms with Gasteiger partial charge in [0.25, 0.3) is 5.91 Å². The molecule has 2 rings (SSSR count). The zero-order valence-electron chi connectivity index (χ0n) is 11.4. The van der Waals surface area contributed by atoms with Crippen LogP contribution in [0.15, 0.2) is 18.2 Å². The molecule has 1 aliphatic rings. The molecule has 0 bridgehead atoms. The van der Waals surface area contributed by atoms with E-state index >= 15 is 0 Å². The fraction of sp³-hybridized carbons (Fsp3) is 0.500. The maximum absolute atomic E-state index is 12.4. The highest BCUT2D eigenvalue weighted by Gasteiger charge is 2.40. The fourth-order valence-corrected chi connectivity index (χ4v) is 2.13. The Labute approximate surface area is 108 Å². The number of carbonyl (C=O) groups is 1. The van der Waals surface area contributed by atoms with Crippen molar-refractivity contribution < 1.29 is 9.53 Å². The molecule has 18 heavy (non-hydrogen) atoms. The van der Waals surface area contributed by atoms with Crippen LogP contribution >= 0.6 is 0 Å². The van der Waals surface area contributed by atoms with Crippen molar-refractivity contribution in [3.05, 3.63) is 18.2 Å². The Morgan fingerprint density at radius 3 is 2.67 bits per heavy atom. The van der Waals surface area contributed by atoms with Crippen LogP contribution in [0.25, 0.3) is 0 Å². The summed E-state index contributed by atoms with van der Waals surface area (Å²) in [5.74, 6) is 1.08. The molecule has 0 saturated carbocycles. The average molecular weight is 248 g/mol. The van der Waals surface area contributed by atoms with E-state index in [0.29, 0.717) is 18.2 Å². The van der Waals surface area contributed by atoms with Crippen LogP contribution in [0, 0.1) is 5.92 Å². The number of amides is 1. The number of carbonyl (C=O) groups excluding carboxylic acids is 1. The summed E-state index contributed by atoms with van der Waals surface area (Å²) in [5.41, 5.74) is 6.38. The second-order valence-electron chi connectivity index (χ2n) is 5.65. The number of benzene rings is 1. The van der Waals surface area contributed by atoms with Crippen molar-refractivity contribution in [2.75, 3.05) is 17.2 Å². The molecule has 0 saturated heterocycles. The minimum atomic E-state index is -0.821. The van der Waals surface area contributed by atoms with Gasteiger partial charge in [0.1, 0.15) is 5.75 Å². The molecule has 0 aliphatic carbocycles. The van der Waals surface area contributed by atoms with E-state index in [2.05, 4.69) is 13.8 Å². The van der Waals surface area contributed by atoms with E-state index < -0.39 is 5.60 Å². The predicted molar refractivity (Wildman–Crippen MR) is 72.8 cm³/mol. The Kier molecular flexibility index (Phi) is 2.97. The van der Waals surface area contributed by atoms with Crippen LogP contribution < -0.4 is 15.4 Å². The average Bonchev–Trinajstić information content (AvgIpc) is 2.25. The first-order valence-electron chi connectivity index (χ1n) is 6.22. The van der Waals surface area contributed by atoms with Crippen LogP contribution in [0.5, 0.6) is 5.75 Å². The number of fused-ring (bicyclic) bond motifs is 1. The van der Waals surface area contributed by atoms with Crippen LogP contribution in [0.2, 0.25) is 0 Å². The number of hydrogen-bond acceptors (Lipinski definition) is 3. The normalized spacial score (nSPS) is 17.6. The van der Waals surface area contributed by atoms with E-state index in [4.69, 9.17) is 10.5 Å². The predicted octanol–water partition coefficient (Wildman–Crippen LogP) is 2.43. The molecule has 0 unspecified atom stereocenters. The van der Waals surface area contributed by atoms with E-state index in [1.807, 2.05) is 6.07 Å². The van der Waals surface area contributed by atoms with Gasteiger partial charge in [-0.2, -0.15) is 0 Å². The maximum Gasteiger partial charge on any atom is 0.270 e. The van der Waals surface area contributed by atoms with Crippen molar-refractivity contribution >= 4 is 17.3 Å². The SMILES string of the molecule is CC(C)CN1C(=O)C(C)(C)Oc2ccc(N)cc21. The highest BCUT2D eigenvalue weighted by atomic mass is 16.5. The van der Waals surface area contributed by atoms with Crippen molar-refractivity contribution in [2.45, 2.75) is 33.3 Å². The summed E-state index contributed by atoms with van der Waals surface area (Å²) >= 11 is 0. The minimum Gasteiger partial charge on any atom is -0.476 e. The Hall–Kier alpha value is -1.71. The highest BCUT2D eigenvalue weighted by Crippen LogP contribution is 2.39. The first kappa shape index (κ1) is 12.7. The summed E-state index contributed by atoms with van der Waals surface area (Å²) in [4.78, 5) is 14.2. The van der Waals surface area contributed by atoms with Gasteiger partial charge >= 0.3 is 0 Å². The summed E-state index contributed by atoms with van der Waals surface area (Å²) in [6, 6.07) is 5.41. The van der Waals surface area contributed by atoms with Gasteiger partial charge in [0.05, 0.1) is 5.69 Å². The monoisotopic (exact) mass is 248 g/mol. The number of ether oxygens (including phenoxy) is 1. The first-order valence-corrected chi connectivity index (χ1v) is 6.22. The fourth-order valence-electron chi connectivity index (χ4n) is 2.13. The van der Waals surface area contributed by atoms with Gasteiger partial charge in [-0.15, -0.1) is 0 Å². The largest absolute Gasteiger partial charge is 0.476 e. The molecule has 1 aromatic rings. The molecule has 2 N–H and O–H groups in total. The first-order chi connectivity index (χ1) is 8.31. The standard InChI is InChI=1S/C14H20N2O2/c1-9(2)8-16-11-7-10(15)5-6-12(11)18-14(3,4)13(16)17/h5-7,9H,8,15H2,1-4H3. The molecule has 0 spiro atoms. The van der Waals surface area contributed by atoms with Gasteiger partial charge in [-0.05, 0) is 38.0 Å². The van der Waals surface area contributed by atoms with E-state index in [0.717, 1.165) is 11.4 Å². The van der Waals surface area contributed by atoms with Crippen molar-refractivity contribution in [3.63, 3.8) is 0 Å². The van der Waals surface area contributed by atoms with Gasteiger partial charge in [-0.1, -0.05) is 13.8 Å². The summed E-state index contributed by atoms with van der Waals surface area (Å²) in [7, 11) is 0. The molecule has 1 amide bonds. The molecule has 1 heterocycles. The van der Waals surface area contributed by atoms with Crippen molar-refractivity contribution in [1.29, 1.82) is 0 Å². The highest BCUT2D eigenvalue weighted by molar-refractivity contribution is 6.02. The third-order valence-corrected chi connectivity index (χ3v) is 2.95. The van der Waals surface area contributed by atoms with Crippen LogP contribution in [0.1, 0.15) is 27.7 Å². The summed E-state index contributed by atoms with van der Waals surface area (Å²) in [5, 5.41) is 0. The van der Waals surface area contributed by atoms with Crippen molar-refractivity contribution in [2.24, 2.45) is 5.92 Å². The number of hydrogen-bond donors (Lipinski definition) is 1. The van der Waals surface area contributed by atoms with Gasteiger partial charge in [0, 0.05) is 12.2 Å². The Balaban J connectivity index is 2.49.